The average molecular weight is 459 g/mol. The summed E-state index contributed by atoms with van der Waals surface area (Å²) in [5.74, 6) is 0.433. The molecular formula is C23H23FN2O5S. The van der Waals surface area contributed by atoms with Crippen LogP contribution in [-0.2, 0) is 10.0 Å². The van der Waals surface area contributed by atoms with Crippen LogP contribution in [0.1, 0.15) is 10.4 Å². The van der Waals surface area contributed by atoms with Crippen LogP contribution in [0.2, 0.25) is 0 Å². The Morgan fingerprint density at radius 2 is 1.59 bits per heavy atom. The minimum Gasteiger partial charge on any atom is -0.497 e. The number of amides is 1. The zero-order valence-electron chi connectivity index (χ0n) is 17.6. The van der Waals surface area contributed by atoms with Gasteiger partial charge in [-0.3, -0.25) is 9.52 Å². The number of rotatable bonds is 9. The lowest BCUT2D eigenvalue weighted by Gasteiger charge is -2.20. The first-order valence-electron chi connectivity index (χ1n) is 9.70. The molecule has 0 radical (unpaired) electrons. The summed E-state index contributed by atoms with van der Waals surface area (Å²) < 4.78 is 51.6. The van der Waals surface area contributed by atoms with Crippen LogP contribution in [0.4, 0.5) is 10.1 Å². The molecule has 0 bridgehead atoms. The van der Waals surface area contributed by atoms with E-state index in [0.29, 0.717) is 11.5 Å². The quantitative estimate of drug-likeness (QED) is 0.528. The maximum atomic E-state index is 13.1. The van der Waals surface area contributed by atoms with Gasteiger partial charge in [-0.15, -0.1) is 0 Å². The van der Waals surface area contributed by atoms with E-state index < -0.39 is 15.8 Å². The van der Waals surface area contributed by atoms with Crippen LogP contribution in [0.15, 0.2) is 77.7 Å². The Hall–Kier alpha value is -3.59. The van der Waals surface area contributed by atoms with Crippen molar-refractivity contribution >= 4 is 21.6 Å². The average Bonchev–Trinajstić information content (AvgIpc) is 2.79. The maximum absolute atomic E-state index is 13.1. The molecule has 1 N–H and O–H groups in total. The largest absolute Gasteiger partial charge is 0.497 e. The fourth-order valence-corrected chi connectivity index (χ4v) is 3.94. The third kappa shape index (κ3) is 5.76. The molecule has 9 heteroatoms. The van der Waals surface area contributed by atoms with Crippen molar-refractivity contribution in [1.29, 1.82) is 0 Å². The van der Waals surface area contributed by atoms with Crippen LogP contribution < -0.4 is 14.2 Å². The van der Waals surface area contributed by atoms with Crippen LogP contribution in [0.25, 0.3) is 0 Å². The summed E-state index contributed by atoms with van der Waals surface area (Å²) in [5, 5.41) is 0. The first-order chi connectivity index (χ1) is 15.3. The Morgan fingerprint density at radius 3 is 2.25 bits per heavy atom. The summed E-state index contributed by atoms with van der Waals surface area (Å²) in [4.78, 5) is 14.3. The summed E-state index contributed by atoms with van der Waals surface area (Å²) in [6.07, 6.45) is 0. The highest BCUT2D eigenvalue weighted by Crippen LogP contribution is 2.22. The molecule has 0 saturated heterocycles. The summed E-state index contributed by atoms with van der Waals surface area (Å²) >= 11 is 0. The molecule has 0 saturated carbocycles. The molecule has 0 fully saturated rings. The van der Waals surface area contributed by atoms with Gasteiger partial charge in [-0.25, -0.2) is 12.8 Å². The van der Waals surface area contributed by atoms with Gasteiger partial charge in [0.05, 0.1) is 29.8 Å². The third-order valence-corrected chi connectivity index (χ3v) is 6.01. The molecule has 3 aromatic rings. The van der Waals surface area contributed by atoms with Crippen LogP contribution in [0.5, 0.6) is 11.5 Å². The number of ether oxygens (including phenoxy) is 2. The fourth-order valence-electron chi connectivity index (χ4n) is 2.86. The van der Waals surface area contributed by atoms with Gasteiger partial charge < -0.3 is 14.4 Å². The van der Waals surface area contributed by atoms with Gasteiger partial charge in [-0.05, 0) is 60.7 Å². The van der Waals surface area contributed by atoms with Gasteiger partial charge in [0, 0.05) is 7.05 Å². The summed E-state index contributed by atoms with van der Waals surface area (Å²) in [5.41, 5.74) is 0.315. The van der Waals surface area contributed by atoms with Crippen molar-refractivity contribution < 1.29 is 27.1 Å². The topological polar surface area (TPSA) is 84.9 Å². The van der Waals surface area contributed by atoms with Crippen LogP contribution in [0, 0.1) is 5.82 Å². The number of para-hydroxylation sites is 1. The van der Waals surface area contributed by atoms with Gasteiger partial charge >= 0.3 is 0 Å². The number of nitrogens with one attached hydrogen (secondary N) is 1. The van der Waals surface area contributed by atoms with Gasteiger partial charge in [0.15, 0.2) is 0 Å². The van der Waals surface area contributed by atoms with E-state index in [2.05, 4.69) is 4.72 Å². The van der Waals surface area contributed by atoms with Crippen molar-refractivity contribution in [1.82, 2.24) is 4.90 Å². The van der Waals surface area contributed by atoms with E-state index in [1.807, 2.05) is 0 Å². The highest BCUT2D eigenvalue weighted by Gasteiger charge is 2.20. The van der Waals surface area contributed by atoms with Gasteiger partial charge in [-0.1, -0.05) is 12.1 Å². The number of benzene rings is 3. The number of likely N-dealkylation sites (N-methyl/N-ethyl adjacent to an activating group) is 1. The molecule has 1 amide bonds. The van der Waals surface area contributed by atoms with Gasteiger partial charge in [0.2, 0.25) is 0 Å². The summed E-state index contributed by atoms with van der Waals surface area (Å²) in [6, 6.07) is 17.8. The fraction of sp³-hybridized carbons (Fsp3) is 0.174. The molecule has 3 rings (SSSR count). The predicted octanol–water partition coefficient (Wildman–Crippen LogP) is 3.79. The molecule has 0 unspecified atom stereocenters. The SMILES string of the molecule is COc1ccc(OCCN(C)C(=O)c2ccccc2NS(=O)(=O)c2ccc(F)cc2)cc1. The Morgan fingerprint density at radius 1 is 0.969 bits per heavy atom. The molecule has 0 aliphatic heterocycles. The number of carbonyl (C=O) groups is 1. The van der Waals surface area contributed by atoms with E-state index >= 15 is 0 Å². The highest BCUT2D eigenvalue weighted by atomic mass is 32.2. The molecule has 0 aromatic heterocycles. The van der Waals surface area contributed by atoms with Crippen molar-refractivity contribution in [2.45, 2.75) is 4.90 Å². The van der Waals surface area contributed by atoms with E-state index in [-0.39, 0.29) is 35.2 Å². The van der Waals surface area contributed by atoms with Crippen LogP contribution in [-0.4, -0.2) is 46.5 Å². The van der Waals surface area contributed by atoms with Crippen molar-refractivity contribution in [3.63, 3.8) is 0 Å². The van der Waals surface area contributed by atoms with Gasteiger partial charge in [0.25, 0.3) is 15.9 Å². The molecular weight excluding hydrogens is 435 g/mol. The predicted molar refractivity (Wildman–Crippen MR) is 119 cm³/mol. The first kappa shape index (κ1) is 23.1. The zero-order valence-corrected chi connectivity index (χ0v) is 18.4. The Kier molecular flexibility index (Phi) is 7.32. The third-order valence-electron chi connectivity index (χ3n) is 4.63. The molecule has 32 heavy (non-hydrogen) atoms. The van der Waals surface area contributed by atoms with E-state index in [1.54, 1.807) is 50.6 Å². The number of carbonyl (C=O) groups excluding carboxylic acids is 1. The Balaban J connectivity index is 1.66. The summed E-state index contributed by atoms with van der Waals surface area (Å²) in [6.45, 7) is 0.530. The number of hydrogen-bond donors (Lipinski definition) is 1. The monoisotopic (exact) mass is 458 g/mol. The van der Waals surface area contributed by atoms with E-state index in [1.165, 1.54) is 17.0 Å². The number of halogens is 1. The number of anilines is 1. The molecule has 0 spiro atoms. The molecule has 0 aliphatic rings. The second-order valence-electron chi connectivity index (χ2n) is 6.86. The molecule has 0 atom stereocenters. The number of hydrogen-bond acceptors (Lipinski definition) is 5. The number of nitrogens with zero attached hydrogens (tertiary/aromatic N) is 1. The van der Waals surface area contributed by atoms with Crippen LogP contribution in [0.3, 0.4) is 0 Å². The van der Waals surface area contributed by atoms with Gasteiger partial charge in [0.1, 0.15) is 23.9 Å². The normalized spacial score (nSPS) is 11.0. The van der Waals surface area contributed by atoms with Crippen LogP contribution >= 0.6 is 0 Å². The Bertz CT molecular complexity index is 1170. The number of sulfonamides is 1. The first-order valence-corrected chi connectivity index (χ1v) is 11.2. The number of methoxy groups -OCH3 is 1. The summed E-state index contributed by atoms with van der Waals surface area (Å²) in [7, 11) is -0.813. The van der Waals surface area contributed by atoms with E-state index in [4.69, 9.17) is 9.47 Å². The smallest absolute Gasteiger partial charge is 0.261 e. The second-order valence-corrected chi connectivity index (χ2v) is 8.54. The zero-order chi connectivity index (χ0) is 23.1. The second kappa shape index (κ2) is 10.1. The maximum Gasteiger partial charge on any atom is 0.261 e. The minimum atomic E-state index is -3.99. The van der Waals surface area contributed by atoms with E-state index in [0.717, 1.165) is 24.3 Å². The molecule has 7 nitrogen and oxygen atoms in total. The van der Waals surface area contributed by atoms with E-state index in [9.17, 15) is 17.6 Å². The highest BCUT2D eigenvalue weighted by molar-refractivity contribution is 7.92. The minimum absolute atomic E-state index is 0.109. The van der Waals surface area contributed by atoms with Gasteiger partial charge in [-0.2, -0.15) is 0 Å². The van der Waals surface area contributed by atoms with Crippen molar-refractivity contribution in [2.75, 3.05) is 32.0 Å². The lowest BCUT2D eigenvalue weighted by molar-refractivity contribution is 0.0775. The Labute approximate surface area is 186 Å². The van der Waals surface area contributed by atoms with Crippen molar-refractivity contribution in [3.8, 4) is 11.5 Å². The molecule has 168 valence electrons. The molecule has 0 aliphatic carbocycles. The molecule has 0 heterocycles. The lowest BCUT2D eigenvalue weighted by atomic mass is 10.1. The van der Waals surface area contributed by atoms with Crippen molar-refractivity contribution in [3.05, 3.63) is 84.2 Å². The lowest BCUT2D eigenvalue weighted by Crippen LogP contribution is -2.31. The van der Waals surface area contributed by atoms with Crippen molar-refractivity contribution in [2.24, 2.45) is 0 Å². The standard InChI is InChI=1S/C23H23FN2O5S/c1-26(15-16-31-19-11-9-18(30-2)10-12-19)23(27)21-5-3-4-6-22(21)25-32(28,29)20-13-7-17(24)8-14-20/h3-14,25H,15-16H2,1-2H3. The molecule has 3 aromatic carbocycles.